The molecule has 1 N–H and O–H groups in total. The number of non-ortho nitro benzene ring substituents is 1. The molecule has 0 aromatic heterocycles. The quantitative estimate of drug-likeness (QED) is 0.348. The Morgan fingerprint density at radius 2 is 1.90 bits per heavy atom. The van der Waals surface area contributed by atoms with Crippen LogP contribution in [0.15, 0.2) is 48.5 Å². The van der Waals surface area contributed by atoms with Gasteiger partial charge in [-0.1, -0.05) is 38.1 Å². The van der Waals surface area contributed by atoms with Gasteiger partial charge in [0, 0.05) is 12.1 Å². The highest BCUT2D eigenvalue weighted by Crippen LogP contribution is 2.25. The summed E-state index contributed by atoms with van der Waals surface area (Å²) in [6.07, 6.45) is 0.936. The Balaban J connectivity index is 1.98. The molecule has 2 aromatic carbocycles. The number of nitrogens with zero attached hydrogens (tertiary/aromatic N) is 2. The number of rotatable bonds is 10. The summed E-state index contributed by atoms with van der Waals surface area (Å²) >= 11 is 0. The van der Waals surface area contributed by atoms with Crippen LogP contribution in [-0.2, 0) is 14.8 Å². The van der Waals surface area contributed by atoms with E-state index in [1.165, 1.54) is 18.2 Å². The van der Waals surface area contributed by atoms with Gasteiger partial charge in [-0.3, -0.25) is 19.2 Å². The van der Waals surface area contributed by atoms with Crippen LogP contribution in [0.4, 0.5) is 11.4 Å². The summed E-state index contributed by atoms with van der Waals surface area (Å²) < 4.78 is 30.8. The third-order valence-electron chi connectivity index (χ3n) is 4.24. The van der Waals surface area contributed by atoms with E-state index in [2.05, 4.69) is 19.2 Å². The minimum Gasteiger partial charge on any atom is -0.491 e. The van der Waals surface area contributed by atoms with E-state index in [4.69, 9.17) is 4.74 Å². The van der Waals surface area contributed by atoms with Gasteiger partial charge in [0.25, 0.3) is 5.69 Å². The predicted octanol–water partition coefficient (Wildman–Crippen LogP) is 2.68. The van der Waals surface area contributed by atoms with Crippen LogP contribution in [-0.4, -0.2) is 45.2 Å². The van der Waals surface area contributed by atoms with Crippen molar-refractivity contribution >= 4 is 27.3 Å². The molecule has 2 aromatic rings. The molecule has 0 fully saturated rings. The number of benzene rings is 2. The maximum atomic E-state index is 12.3. The Hall–Kier alpha value is -3.14. The Morgan fingerprint density at radius 3 is 2.53 bits per heavy atom. The molecule has 0 unspecified atom stereocenters. The minimum atomic E-state index is -3.83. The van der Waals surface area contributed by atoms with Crippen molar-refractivity contribution in [2.75, 3.05) is 30.3 Å². The molecular formula is C20H25N3O6S. The average molecular weight is 436 g/mol. The lowest BCUT2D eigenvalue weighted by atomic mass is 10.0. The topological polar surface area (TPSA) is 119 Å². The maximum absolute atomic E-state index is 12.3. The molecule has 1 amide bonds. The first-order valence-electron chi connectivity index (χ1n) is 9.30. The average Bonchev–Trinajstić information content (AvgIpc) is 2.68. The fourth-order valence-corrected chi connectivity index (χ4v) is 3.64. The van der Waals surface area contributed by atoms with Crippen LogP contribution in [0.25, 0.3) is 0 Å². The van der Waals surface area contributed by atoms with Crippen molar-refractivity contribution in [1.82, 2.24) is 5.32 Å². The first kappa shape index (κ1) is 23.1. The minimum absolute atomic E-state index is 0.0453. The second-order valence-electron chi connectivity index (χ2n) is 6.94. The zero-order valence-electron chi connectivity index (χ0n) is 17.1. The van der Waals surface area contributed by atoms with Crippen LogP contribution >= 0.6 is 0 Å². The van der Waals surface area contributed by atoms with Crippen LogP contribution in [0, 0.1) is 10.1 Å². The van der Waals surface area contributed by atoms with Gasteiger partial charge in [-0.2, -0.15) is 0 Å². The van der Waals surface area contributed by atoms with Gasteiger partial charge in [-0.25, -0.2) is 8.42 Å². The Labute approximate surface area is 175 Å². The second-order valence-corrected chi connectivity index (χ2v) is 8.84. The van der Waals surface area contributed by atoms with Crippen molar-refractivity contribution in [3.05, 3.63) is 64.2 Å². The molecule has 9 nitrogen and oxygen atoms in total. The summed E-state index contributed by atoms with van der Waals surface area (Å²) in [5.74, 6) is 0.470. The zero-order valence-corrected chi connectivity index (χ0v) is 17.9. The summed E-state index contributed by atoms with van der Waals surface area (Å²) in [4.78, 5) is 22.6. The maximum Gasteiger partial charge on any atom is 0.271 e. The largest absolute Gasteiger partial charge is 0.491 e. The van der Waals surface area contributed by atoms with E-state index in [1.807, 2.05) is 24.3 Å². The summed E-state index contributed by atoms with van der Waals surface area (Å²) in [5.41, 5.74) is 0.834. The zero-order chi connectivity index (χ0) is 22.3. The summed E-state index contributed by atoms with van der Waals surface area (Å²) in [6.45, 7) is 4.00. The first-order chi connectivity index (χ1) is 14.1. The molecule has 0 aliphatic rings. The molecule has 0 heterocycles. The predicted molar refractivity (Wildman–Crippen MR) is 114 cm³/mol. The van der Waals surface area contributed by atoms with E-state index >= 15 is 0 Å². The number of ether oxygens (including phenoxy) is 1. The van der Waals surface area contributed by atoms with Crippen molar-refractivity contribution in [3.63, 3.8) is 0 Å². The van der Waals surface area contributed by atoms with E-state index in [-0.39, 0.29) is 30.4 Å². The molecule has 10 heteroatoms. The van der Waals surface area contributed by atoms with Gasteiger partial charge in [-0.05, 0) is 23.6 Å². The number of para-hydroxylation sites is 1. The molecule has 0 radical (unpaired) electrons. The standard InChI is InChI=1S/C20H25N3O6S/c1-15(2)18-9-4-5-10-19(18)29-12-11-21-20(24)14-22(30(3,27)28)16-7-6-8-17(13-16)23(25)26/h4-10,13,15H,11-12,14H2,1-3H3,(H,21,24). The van der Waals surface area contributed by atoms with E-state index in [1.54, 1.807) is 0 Å². The monoisotopic (exact) mass is 435 g/mol. The number of amides is 1. The molecule has 0 atom stereocenters. The van der Waals surface area contributed by atoms with Gasteiger partial charge in [0.15, 0.2) is 0 Å². The normalized spacial score (nSPS) is 11.2. The Kier molecular flexibility index (Phi) is 7.76. The number of hydrogen-bond donors (Lipinski definition) is 1. The third-order valence-corrected chi connectivity index (χ3v) is 5.38. The number of nitrogens with one attached hydrogen (secondary N) is 1. The summed E-state index contributed by atoms with van der Waals surface area (Å²) in [6, 6.07) is 12.7. The van der Waals surface area contributed by atoms with E-state index < -0.39 is 27.4 Å². The number of hydrogen-bond acceptors (Lipinski definition) is 6. The number of nitro groups is 1. The van der Waals surface area contributed by atoms with Crippen molar-refractivity contribution in [2.45, 2.75) is 19.8 Å². The third kappa shape index (κ3) is 6.45. The van der Waals surface area contributed by atoms with E-state index in [0.29, 0.717) is 0 Å². The van der Waals surface area contributed by atoms with Crippen molar-refractivity contribution in [2.24, 2.45) is 0 Å². The molecule has 30 heavy (non-hydrogen) atoms. The number of carbonyl (C=O) groups is 1. The smallest absolute Gasteiger partial charge is 0.271 e. The van der Waals surface area contributed by atoms with Crippen LogP contribution in [0.2, 0.25) is 0 Å². The number of nitro benzene ring substituents is 1. The molecule has 0 saturated heterocycles. The van der Waals surface area contributed by atoms with Gasteiger partial charge in [0.2, 0.25) is 15.9 Å². The first-order valence-corrected chi connectivity index (χ1v) is 11.1. The lowest BCUT2D eigenvalue weighted by molar-refractivity contribution is -0.384. The Morgan fingerprint density at radius 1 is 1.20 bits per heavy atom. The van der Waals surface area contributed by atoms with Gasteiger partial charge in [0.05, 0.1) is 23.4 Å². The van der Waals surface area contributed by atoms with Crippen molar-refractivity contribution in [1.29, 1.82) is 0 Å². The van der Waals surface area contributed by atoms with Gasteiger partial charge in [-0.15, -0.1) is 0 Å². The van der Waals surface area contributed by atoms with Gasteiger partial charge < -0.3 is 10.1 Å². The number of carbonyl (C=O) groups excluding carboxylic acids is 1. The Bertz CT molecular complexity index is 1010. The number of sulfonamides is 1. The lowest BCUT2D eigenvalue weighted by Crippen LogP contribution is -2.41. The number of anilines is 1. The molecule has 0 spiro atoms. The summed E-state index contributed by atoms with van der Waals surface area (Å²) in [5, 5.41) is 13.6. The highest BCUT2D eigenvalue weighted by atomic mass is 32.2. The van der Waals surface area contributed by atoms with Gasteiger partial charge in [0.1, 0.15) is 18.9 Å². The molecule has 0 aliphatic carbocycles. The highest BCUT2D eigenvalue weighted by molar-refractivity contribution is 7.92. The molecule has 162 valence electrons. The molecule has 2 rings (SSSR count). The highest BCUT2D eigenvalue weighted by Gasteiger charge is 2.22. The van der Waals surface area contributed by atoms with E-state index in [9.17, 15) is 23.3 Å². The van der Waals surface area contributed by atoms with Gasteiger partial charge >= 0.3 is 0 Å². The fraction of sp³-hybridized carbons (Fsp3) is 0.350. The van der Waals surface area contributed by atoms with Crippen molar-refractivity contribution < 1.29 is 22.9 Å². The molecule has 0 bridgehead atoms. The van der Waals surface area contributed by atoms with Crippen molar-refractivity contribution in [3.8, 4) is 5.75 Å². The SMILES string of the molecule is CC(C)c1ccccc1OCCNC(=O)CN(c1cccc([N+](=O)[O-])c1)S(C)(=O)=O. The van der Waals surface area contributed by atoms with Crippen LogP contribution in [0.1, 0.15) is 25.3 Å². The molecule has 0 aliphatic heterocycles. The molecular weight excluding hydrogens is 410 g/mol. The fourth-order valence-electron chi connectivity index (χ4n) is 2.79. The van der Waals surface area contributed by atoms with Crippen LogP contribution < -0.4 is 14.4 Å². The van der Waals surface area contributed by atoms with Crippen LogP contribution in [0.5, 0.6) is 5.75 Å². The van der Waals surface area contributed by atoms with Crippen LogP contribution in [0.3, 0.4) is 0 Å². The summed E-state index contributed by atoms with van der Waals surface area (Å²) in [7, 11) is -3.83. The molecule has 0 saturated carbocycles. The second kappa shape index (κ2) is 10.1. The lowest BCUT2D eigenvalue weighted by Gasteiger charge is -2.21. The van der Waals surface area contributed by atoms with E-state index in [0.717, 1.165) is 27.9 Å².